The monoisotopic (exact) mass is 347 g/mol. The van der Waals surface area contributed by atoms with E-state index < -0.39 is 4.92 Å². The van der Waals surface area contributed by atoms with Crippen LogP contribution in [-0.2, 0) is 0 Å². The molecule has 0 fully saturated rings. The lowest BCUT2D eigenvalue weighted by Crippen LogP contribution is -1.94. The zero-order chi connectivity index (χ0) is 12.4. The van der Waals surface area contributed by atoms with Crippen molar-refractivity contribution in [2.24, 2.45) is 0 Å². The van der Waals surface area contributed by atoms with E-state index >= 15 is 0 Å². The topological polar surface area (TPSA) is 91.3 Å². The van der Waals surface area contributed by atoms with Crippen LogP contribution in [0.4, 0.5) is 5.69 Å². The fourth-order valence-corrected chi connectivity index (χ4v) is 1.61. The first-order chi connectivity index (χ1) is 8.11. The van der Waals surface area contributed by atoms with Gasteiger partial charge in [0.2, 0.25) is 3.83 Å². The molecule has 0 atom stereocenters. The number of rotatable bonds is 3. The molecule has 88 valence electrons. The second-order valence-corrected chi connectivity index (χ2v) is 3.98. The van der Waals surface area contributed by atoms with Crippen molar-refractivity contribution in [3.63, 3.8) is 0 Å². The molecule has 1 aromatic heterocycles. The van der Waals surface area contributed by atoms with Crippen molar-refractivity contribution < 1.29 is 14.2 Å². The standard InChI is InChI=1S/C9H6IN3O4/c1-16-7-3-2-5(4-6(7)13(14)15)8-11-9(10)12-17-8/h2-4H,1H3. The molecule has 0 radical (unpaired) electrons. The summed E-state index contributed by atoms with van der Waals surface area (Å²) in [6.07, 6.45) is 0. The van der Waals surface area contributed by atoms with Crippen molar-refractivity contribution in [1.82, 2.24) is 10.1 Å². The van der Waals surface area contributed by atoms with Crippen LogP contribution in [0, 0.1) is 13.9 Å². The van der Waals surface area contributed by atoms with Gasteiger partial charge in [0, 0.05) is 34.2 Å². The molecule has 0 N–H and O–H groups in total. The molecule has 7 nitrogen and oxygen atoms in total. The van der Waals surface area contributed by atoms with E-state index in [0.717, 1.165) is 0 Å². The number of ether oxygens (including phenoxy) is 1. The molecule has 0 spiro atoms. The lowest BCUT2D eigenvalue weighted by molar-refractivity contribution is -0.385. The predicted molar refractivity (Wildman–Crippen MR) is 65.7 cm³/mol. The number of nitro groups is 1. The van der Waals surface area contributed by atoms with Crippen LogP contribution in [0.2, 0.25) is 0 Å². The minimum atomic E-state index is -0.524. The highest BCUT2D eigenvalue weighted by molar-refractivity contribution is 14.1. The summed E-state index contributed by atoms with van der Waals surface area (Å²) in [6.45, 7) is 0. The summed E-state index contributed by atoms with van der Waals surface area (Å²) in [4.78, 5) is 14.3. The second kappa shape index (κ2) is 4.65. The summed E-state index contributed by atoms with van der Waals surface area (Å²) in [5, 5.41) is 14.4. The van der Waals surface area contributed by atoms with Crippen LogP contribution < -0.4 is 4.74 Å². The molecule has 0 unspecified atom stereocenters. The third-order valence-corrected chi connectivity index (χ3v) is 2.46. The molecule has 0 aliphatic rings. The first kappa shape index (κ1) is 11.8. The number of nitrogens with zero attached hydrogens (tertiary/aromatic N) is 3. The van der Waals surface area contributed by atoms with Crippen LogP contribution in [0.1, 0.15) is 0 Å². The molecular weight excluding hydrogens is 341 g/mol. The molecule has 1 heterocycles. The van der Waals surface area contributed by atoms with Gasteiger partial charge in [0.25, 0.3) is 5.89 Å². The minimum absolute atomic E-state index is 0.141. The highest BCUT2D eigenvalue weighted by Crippen LogP contribution is 2.31. The van der Waals surface area contributed by atoms with Gasteiger partial charge in [-0.2, -0.15) is 4.98 Å². The molecule has 0 saturated heterocycles. The Bertz CT molecular complexity index is 569. The first-order valence-corrected chi connectivity index (χ1v) is 5.51. The van der Waals surface area contributed by atoms with Crippen LogP contribution in [0.25, 0.3) is 11.5 Å². The Kier molecular flexibility index (Phi) is 3.22. The van der Waals surface area contributed by atoms with Gasteiger partial charge in [-0.25, -0.2) is 0 Å². The largest absolute Gasteiger partial charge is 0.490 e. The third-order valence-electron chi connectivity index (χ3n) is 2.02. The maximum Gasteiger partial charge on any atom is 0.311 e. The molecule has 0 saturated carbocycles. The van der Waals surface area contributed by atoms with E-state index in [0.29, 0.717) is 9.39 Å². The summed E-state index contributed by atoms with van der Waals surface area (Å²) >= 11 is 1.89. The van der Waals surface area contributed by atoms with Gasteiger partial charge < -0.3 is 9.26 Å². The van der Waals surface area contributed by atoms with Gasteiger partial charge in [-0.1, -0.05) is 5.16 Å². The zero-order valence-electron chi connectivity index (χ0n) is 8.58. The molecular formula is C9H6IN3O4. The lowest BCUT2D eigenvalue weighted by atomic mass is 10.2. The highest BCUT2D eigenvalue weighted by atomic mass is 127. The Balaban J connectivity index is 2.50. The van der Waals surface area contributed by atoms with E-state index in [9.17, 15) is 10.1 Å². The van der Waals surface area contributed by atoms with Crippen molar-refractivity contribution in [1.29, 1.82) is 0 Å². The average Bonchev–Trinajstić information content (AvgIpc) is 2.75. The van der Waals surface area contributed by atoms with Crippen LogP contribution in [0.15, 0.2) is 22.7 Å². The smallest absolute Gasteiger partial charge is 0.311 e. The van der Waals surface area contributed by atoms with Crippen molar-refractivity contribution in [3.05, 3.63) is 32.1 Å². The maximum atomic E-state index is 10.8. The van der Waals surface area contributed by atoms with Crippen molar-refractivity contribution in [3.8, 4) is 17.2 Å². The highest BCUT2D eigenvalue weighted by Gasteiger charge is 2.18. The fraction of sp³-hybridized carbons (Fsp3) is 0.111. The number of halogens is 1. The Labute approximate surface area is 109 Å². The Morgan fingerprint density at radius 3 is 2.82 bits per heavy atom. The van der Waals surface area contributed by atoms with Crippen molar-refractivity contribution >= 4 is 28.3 Å². The normalized spacial score (nSPS) is 10.2. The van der Waals surface area contributed by atoms with Crippen molar-refractivity contribution in [2.75, 3.05) is 7.11 Å². The zero-order valence-corrected chi connectivity index (χ0v) is 10.7. The van der Waals surface area contributed by atoms with Gasteiger partial charge >= 0.3 is 5.69 Å². The molecule has 0 amide bonds. The lowest BCUT2D eigenvalue weighted by Gasteiger charge is -2.01. The van der Waals surface area contributed by atoms with E-state index in [-0.39, 0.29) is 17.3 Å². The Hall–Kier alpha value is -1.71. The summed E-state index contributed by atoms with van der Waals surface area (Å²) in [5.41, 5.74) is 0.339. The molecule has 0 bridgehead atoms. The van der Waals surface area contributed by atoms with Crippen LogP contribution in [0.3, 0.4) is 0 Å². The summed E-state index contributed by atoms with van der Waals surface area (Å²) < 4.78 is 10.3. The quantitative estimate of drug-likeness (QED) is 0.481. The Morgan fingerprint density at radius 1 is 1.53 bits per heavy atom. The van der Waals surface area contributed by atoms with Crippen LogP contribution >= 0.6 is 22.6 Å². The Morgan fingerprint density at radius 2 is 2.29 bits per heavy atom. The molecule has 1 aromatic carbocycles. The molecule has 0 aliphatic carbocycles. The van der Waals surface area contributed by atoms with E-state index in [2.05, 4.69) is 10.1 Å². The summed E-state index contributed by atoms with van der Waals surface area (Å²) in [7, 11) is 1.37. The number of hydrogen-bond acceptors (Lipinski definition) is 6. The number of methoxy groups -OCH3 is 1. The second-order valence-electron chi connectivity index (χ2n) is 3.01. The first-order valence-electron chi connectivity index (χ1n) is 4.44. The summed E-state index contributed by atoms with van der Waals surface area (Å²) in [5.74, 6) is 0.424. The molecule has 2 aromatic rings. The maximum absolute atomic E-state index is 10.8. The molecule has 17 heavy (non-hydrogen) atoms. The molecule has 2 rings (SSSR count). The van der Waals surface area contributed by atoms with E-state index in [1.165, 1.54) is 19.2 Å². The van der Waals surface area contributed by atoms with Crippen molar-refractivity contribution in [2.45, 2.75) is 0 Å². The number of nitro benzene ring substituents is 1. The third kappa shape index (κ3) is 2.35. The van der Waals surface area contributed by atoms with Gasteiger partial charge in [-0.3, -0.25) is 10.1 Å². The fourth-order valence-electron chi connectivity index (χ4n) is 1.29. The van der Waals surface area contributed by atoms with E-state index in [1.54, 1.807) is 6.07 Å². The SMILES string of the molecule is COc1ccc(-c2nc(I)no2)cc1[N+](=O)[O-]. The van der Waals surface area contributed by atoms with Crippen LogP contribution in [0.5, 0.6) is 5.75 Å². The minimum Gasteiger partial charge on any atom is -0.490 e. The van der Waals surface area contributed by atoms with Gasteiger partial charge in [0.05, 0.1) is 12.0 Å². The van der Waals surface area contributed by atoms with Crippen LogP contribution in [-0.4, -0.2) is 22.2 Å². The van der Waals surface area contributed by atoms with E-state index in [1.807, 2.05) is 22.6 Å². The van der Waals surface area contributed by atoms with E-state index in [4.69, 9.17) is 9.26 Å². The summed E-state index contributed by atoms with van der Waals surface area (Å²) in [6, 6.07) is 4.45. The average molecular weight is 347 g/mol. The van der Waals surface area contributed by atoms with Gasteiger partial charge in [-0.05, 0) is 12.1 Å². The number of benzene rings is 1. The molecule has 8 heteroatoms. The predicted octanol–water partition coefficient (Wildman–Crippen LogP) is 2.26. The number of hydrogen-bond donors (Lipinski definition) is 0. The van der Waals surface area contributed by atoms with Gasteiger partial charge in [-0.15, -0.1) is 0 Å². The van der Waals surface area contributed by atoms with Gasteiger partial charge in [0.1, 0.15) is 0 Å². The van der Waals surface area contributed by atoms with Gasteiger partial charge in [0.15, 0.2) is 5.75 Å². The number of aromatic nitrogens is 2. The molecule has 0 aliphatic heterocycles.